The van der Waals surface area contributed by atoms with Gasteiger partial charge >= 0.3 is 0 Å². The highest BCUT2D eigenvalue weighted by Gasteiger charge is 2.15. The molecule has 0 aliphatic heterocycles. The molecule has 1 unspecified atom stereocenters. The number of nitrogens with one attached hydrogen (secondary N) is 2. The number of aryl methyl sites for hydroxylation is 1. The van der Waals surface area contributed by atoms with E-state index in [1.54, 1.807) is 6.92 Å². The molecule has 1 amide bonds. The number of amides is 1. The van der Waals surface area contributed by atoms with Crippen LogP contribution in [0.5, 0.6) is 5.75 Å². The van der Waals surface area contributed by atoms with E-state index in [4.69, 9.17) is 4.74 Å². The van der Waals surface area contributed by atoms with Gasteiger partial charge in [0.15, 0.2) is 6.10 Å². The predicted octanol–water partition coefficient (Wildman–Crippen LogP) is 1.86. The van der Waals surface area contributed by atoms with Gasteiger partial charge in [-0.25, -0.2) is 0 Å². The lowest BCUT2D eigenvalue weighted by atomic mass is 10.2. The zero-order chi connectivity index (χ0) is 13.5. The van der Waals surface area contributed by atoms with Crippen molar-refractivity contribution in [2.45, 2.75) is 20.0 Å². The third-order valence-corrected chi connectivity index (χ3v) is 3.05. The van der Waals surface area contributed by atoms with Crippen LogP contribution in [0.2, 0.25) is 0 Å². The molecule has 0 saturated heterocycles. The van der Waals surface area contributed by atoms with Crippen molar-refractivity contribution in [3.05, 3.63) is 28.2 Å². The zero-order valence-corrected chi connectivity index (χ0v) is 12.5. The second-order valence-electron chi connectivity index (χ2n) is 4.09. The Morgan fingerprint density at radius 1 is 1.44 bits per heavy atom. The van der Waals surface area contributed by atoms with E-state index < -0.39 is 6.10 Å². The molecular weight excluding hydrogens is 296 g/mol. The Hall–Kier alpha value is -1.07. The molecule has 1 rings (SSSR count). The van der Waals surface area contributed by atoms with Crippen LogP contribution in [0, 0.1) is 6.92 Å². The molecule has 4 nitrogen and oxygen atoms in total. The molecule has 1 aromatic rings. The first-order valence-corrected chi connectivity index (χ1v) is 6.69. The molecule has 2 N–H and O–H groups in total. The van der Waals surface area contributed by atoms with Crippen LogP contribution in [0.25, 0.3) is 0 Å². The van der Waals surface area contributed by atoms with Crippen LogP contribution >= 0.6 is 15.9 Å². The largest absolute Gasteiger partial charge is 0.480 e. The van der Waals surface area contributed by atoms with Crippen LogP contribution in [-0.2, 0) is 4.79 Å². The van der Waals surface area contributed by atoms with Gasteiger partial charge in [-0.2, -0.15) is 0 Å². The molecule has 0 spiro atoms. The molecule has 100 valence electrons. The summed E-state index contributed by atoms with van der Waals surface area (Å²) in [6.45, 7) is 5.08. The fraction of sp³-hybridized carbons (Fsp3) is 0.462. The summed E-state index contributed by atoms with van der Waals surface area (Å²) in [4.78, 5) is 11.7. The van der Waals surface area contributed by atoms with Gasteiger partial charge < -0.3 is 15.4 Å². The van der Waals surface area contributed by atoms with Gasteiger partial charge in [-0.05, 0) is 54.5 Å². The number of carbonyl (C=O) groups excluding carboxylic acids is 1. The highest BCUT2D eigenvalue weighted by Crippen LogP contribution is 2.26. The van der Waals surface area contributed by atoms with Crippen molar-refractivity contribution in [3.63, 3.8) is 0 Å². The summed E-state index contributed by atoms with van der Waals surface area (Å²) >= 11 is 3.42. The van der Waals surface area contributed by atoms with Crippen LogP contribution in [0.4, 0.5) is 0 Å². The lowest BCUT2D eigenvalue weighted by Crippen LogP contribution is -2.39. The summed E-state index contributed by atoms with van der Waals surface area (Å²) in [7, 11) is 1.84. The van der Waals surface area contributed by atoms with E-state index in [9.17, 15) is 4.79 Å². The highest BCUT2D eigenvalue weighted by molar-refractivity contribution is 9.10. The molecule has 1 aromatic carbocycles. The molecule has 0 fully saturated rings. The minimum absolute atomic E-state index is 0.113. The van der Waals surface area contributed by atoms with Crippen molar-refractivity contribution in [3.8, 4) is 5.75 Å². The molecule has 0 radical (unpaired) electrons. The number of carbonyl (C=O) groups is 1. The van der Waals surface area contributed by atoms with E-state index >= 15 is 0 Å². The van der Waals surface area contributed by atoms with E-state index in [1.807, 2.05) is 32.2 Å². The van der Waals surface area contributed by atoms with Gasteiger partial charge in [0.1, 0.15) is 5.75 Å². The molecule has 0 saturated carbocycles. The van der Waals surface area contributed by atoms with E-state index in [1.165, 1.54) is 0 Å². The molecule has 1 atom stereocenters. The maximum Gasteiger partial charge on any atom is 0.260 e. The number of benzene rings is 1. The molecule has 0 aliphatic carbocycles. The van der Waals surface area contributed by atoms with Crippen LogP contribution in [0.1, 0.15) is 12.5 Å². The van der Waals surface area contributed by atoms with Gasteiger partial charge in [-0.3, -0.25) is 4.79 Å². The minimum atomic E-state index is -0.513. The van der Waals surface area contributed by atoms with Gasteiger partial charge in [-0.1, -0.05) is 6.07 Å². The van der Waals surface area contributed by atoms with Crippen molar-refractivity contribution < 1.29 is 9.53 Å². The predicted molar refractivity (Wildman–Crippen MR) is 75.9 cm³/mol. The minimum Gasteiger partial charge on any atom is -0.480 e. The summed E-state index contributed by atoms with van der Waals surface area (Å²) in [5, 5.41) is 5.76. The standard InChI is InChI=1S/C13H19BrN2O2/c1-9-4-5-12(11(14)8-9)18-10(2)13(17)16-7-6-15-3/h4-5,8,10,15H,6-7H2,1-3H3,(H,16,17). The highest BCUT2D eigenvalue weighted by atomic mass is 79.9. The maximum atomic E-state index is 11.7. The van der Waals surface area contributed by atoms with E-state index in [2.05, 4.69) is 26.6 Å². The number of halogens is 1. The second-order valence-corrected chi connectivity index (χ2v) is 4.94. The molecule has 0 heterocycles. The lowest BCUT2D eigenvalue weighted by Gasteiger charge is -2.16. The third-order valence-electron chi connectivity index (χ3n) is 2.43. The van der Waals surface area contributed by atoms with E-state index in [0.717, 1.165) is 16.6 Å². The summed E-state index contributed by atoms with van der Waals surface area (Å²) in [5.41, 5.74) is 1.14. The number of ether oxygens (including phenoxy) is 1. The first-order chi connectivity index (χ1) is 8.54. The first-order valence-electron chi connectivity index (χ1n) is 5.89. The number of hydrogen-bond donors (Lipinski definition) is 2. The Morgan fingerprint density at radius 2 is 2.17 bits per heavy atom. The molecule has 0 aliphatic rings. The number of rotatable bonds is 6. The monoisotopic (exact) mass is 314 g/mol. The Balaban J connectivity index is 2.53. The van der Waals surface area contributed by atoms with Gasteiger partial charge in [0, 0.05) is 13.1 Å². The Bertz CT molecular complexity index is 410. The maximum absolute atomic E-state index is 11.7. The fourth-order valence-corrected chi connectivity index (χ4v) is 1.99. The quantitative estimate of drug-likeness (QED) is 0.788. The molecule has 5 heteroatoms. The molecule has 0 aromatic heterocycles. The average molecular weight is 315 g/mol. The lowest BCUT2D eigenvalue weighted by molar-refractivity contribution is -0.127. The van der Waals surface area contributed by atoms with Crippen molar-refractivity contribution >= 4 is 21.8 Å². The summed E-state index contributed by atoms with van der Waals surface area (Å²) in [6, 6.07) is 5.77. The van der Waals surface area contributed by atoms with Crippen LogP contribution < -0.4 is 15.4 Å². The smallest absolute Gasteiger partial charge is 0.260 e. The van der Waals surface area contributed by atoms with Gasteiger partial charge in [0.2, 0.25) is 0 Å². The van der Waals surface area contributed by atoms with Crippen molar-refractivity contribution in [2.24, 2.45) is 0 Å². The normalized spacial score (nSPS) is 12.0. The topological polar surface area (TPSA) is 50.4 Å². The summed E-state index contributed by atoms with van der Waals surface area (Å²) < 4.78 is 6.47. The Labute approximate surface area is 116 Å². The van der Waals surface area contributed by atoms with Crippen molar-refractivity contribution in [1.82, 2.24) is 10.6 Å². The van der Waals surface area contributed by atoms with E-state index in [0.29, 0.717) is 12.3 Å². The number of hydrogen-bond acceptors (Lipinski definition) is 3. The van der Waals surface area contributed by atoms with Crippen LogP contribution in [-0.4, -0.2) is 32.1 Å². The fourth-order valence-electron chi connectivity index (χ4n) is 1.40. The average Bonchev–Trinajstić information content (AvgIpc) is 2.32. The third kappa shape index (κ3) is 4.66. The Morgan fingerprint density at radius 3 is 2.78 bits per heavy atom. The summed E-state index contributed by atoms with van der Waals surface area (Å²) in [5.74, 6) is 0.564. The molecule has 18 heavy (non-hydrogen) atoms. The molecule has 0 bridgehead atoms. The summed E-state index contributed by atoms with van der Waals surface area (Å²) in [6.07, 6.45) is -0.513. The van der Waals surface area contributed by atoms with Gasteiger partial charge in [0.25, 0.3) is 5.91 Å². The van der Waals surface area contributed by atoms with Crippen molar-refractivity contribution in [2.75, 3.05) is 20.1 Å². The second kappa shape index (κ2) is 7.38. The van der Waals surface area contributed by atoms with Gasteiger partial charge in [-0.15, -0.1) is 0 Å². The molecular formula is C13H19BrN2O2. The number of likely N-dealkylation sites (N-methyl/N-ethyl adjacent to an activating group) is 1. The Kier molecular flexibility index (Phi) is 6.15. The van der Waals surface area contributed by atoms with E-state index in [-0.39, 0.29) is 5.91 Å². The van der Waals surface area contributed by atoms with Gasteiger partial charge in [0.05, 0.1) is 4.47 Å². The van der Waals surface area contributed by atoms with Crippen LogP contribution in [0.15, 0.2) is 22.7 Å². The zero-order valence-electron chi connectivity index (χ0n) is 10.9. The van der Waals surface area contributed by atoms with Crippen LogP contribution in [0.3, 0.4) is 0 Å². The van der Waals surface area contributed by atoms with Crippen molar-refractivity contribution in [1.29, 1.82) is 0 Å². The SMILES string of the molecule is CNCCNC(=O)C(C)Oc1ccc(C)cc1Br. The first kappa shape index (κ1) is 15.0.